The van der Waals surface area contributed by atoms with E-state index in [2.05, 4.69) is 13.8 Å². The number of benzene rings is 2. The highest BCUT2D eigenvalue weighted by Crippen LogP contribution is 2.24. The van der Waals surface area contributed by atoms with Gasteiger partial charge in [0.2, 0.25) is 0 Å². The van der Waals surface area contributed by atoms with Crippen molar-refractivity contribution >= 4 is 5.97 Å². The number of carbonyl (C=O) groups is 1. The quantitative estimate of drug-likeness (QED) is 0.504. The van der Waals surface area contributed by atoms with Crippen LogP contribution in [0.2, 0.25) is 0 Å². The Hall–Kier alpha value is -2.95. The summed E-state index contributed by atoms with van der Waals surface area (Å²) in [6.45, 7) is 5.05. The minimum Gasteiger partial charge on any atom is -0.478 e. The smallest absolute Gasteiger partial charge is 0.336 e. The molecule has 0 saturated heterocycles. The topological polar surface area (TPSA) is 68.0 Å². The summed E-state index contributed by atoms with van der Waals surface area (Å²) in [4.78, 5) is 16.2. The zero-order chi connectivity index (χ0) is 20.6. The Morgan fingerprint density at radius 1 is 0.966 bits per heavy atom. The van der Waals surface area contributed by atoms with Crippen LogP contribution in [0.15, 0.2) is 48.5 Å². The third kappa shape index (κ3) is 5.31. The fourth-order valence-electron chi connectivity index (χ4n) is 3.40. The average molecular weight is 392 g/mol. The first-order chi connectivity index (χ1) is 14.1. The minimum absolute atomic E-state index is 0.318. The average Bonchev–Trinajstić information content (AvgIpc) is 3.12. The van der Waals surface area contributed by atoms with Crippen LogP contribution in [0.5, 0.6) is 0 Å². The minimum atomic E-state index is -0.910. The SMILES string of the molecule is CCCCc1nc(CCCC)n(Cc2ccc(-c3ccccc3C(=O)O)cc2)n1. The van der Waals surface area contributed by atoms with Crippen molar-refractivity contribution in [3.63, 3.8) is 0 Å². The molecule has 0 aliphatic carbocycles. The Morgan fingerprint density at radius 3 is 2.34 bits per heavy atom. The second-order valence-electron chi connectivity index (χ2n) is 7.36. The van der Waals surface area contributed by atoms with Crippen molar-refractivity contribution in [3.8, 4) is 11.1 Å². The van der Waals surface area contributed by atoms with E-state index < -0.39 is 5.97 Å². The third-order valence-corrected chi connectivity index (χ3v) is 5.05. The molecule has 5 heteroatoms. The molecular formula is C24H29N3O2. The van der Waals surface area contributed by atoms with Gasteiger partial charge in [0.1, 0.15) is 5.82 Å². The molecule has 1 N–H and O–H groups in total. The number of rotatable bonds is 10. The van der Waals surface area contributed by atoms with Crippen LogP contribution < -0.4 is 0 Å². The summed E-state index contributed by atoms with van der Waals surface area (Å²) in [5, 5.41) is 14.2. The van der Waals surface area contributed by atoms with E-state index in [0.29, 0.717) is 12.1 Å². The van der Waals surface area contributed by atoms with Gasteiger partial charge in [-0.05, 0) is 35.6 Å². The van der Waals surface area contributed by atoms with Gasteiger partial charge in [-0.15, -0.1) is 0 Å². The Kier molecular flexibility index (Phi) is 7.17. The number of nitrogens with zero attached hydrogens (tertiary/aromatic N) is 3. The van der Waals surface area contributed by atoms with Crippen molar-refractivity contribution in [1.29, 1.82) is 0 Å². The Bertz CT molecular complexity index is 945. The van der Waals surface area contributed by atoms with E-state index in [1.165, 1.54) is 0 Å². The molecule has 0 aliphatic rings. The molecule has 29 heavy (non-hydrogen) atoms. The maximum atomic E-state index is 11.5. The number of aryl methyl sites for hydroxylation is 2. The maximum absolute atomic E-state index is 11.5. The monoisotopic (exact) mass is 391 g/mol. The lowest BCUT2D eigenvalue weighted by Gasteiger charge is -2.09. The number of carboxylic acids is 1. The first-order valence-corrected chi connectivity index (χ1v) is 10.5. The van der Waals surface area contributed by atoms with Gasteiger partial charge in [-0.3, -0.25) is 0 Å². The van der Waals surface area contributed by atoms with Gasteiger partial charge in [-0.1, -0.05) is 69.2 Å². The van der Waals surface area contributed by atoms with Crippen LogP contribution >= 0.6 is 0 Å². The standard InChI is InChI=1S/C24H29N3O2/c1-3-5-11-22-25-23(12-6-4-2)27(26-22)17-18-13-15-19(16-14-18)20-9-7-8-10-21(20)24(28)29/h7-10,13-16H,3-6,11-12,17H2,1-2H3,(H,28,29). The predicted octanol–water partition coefficient (Wildman–Crippen LogP) is 5.38. The second kappa shape index (κ2) is 10.0. The molecule has 0 unspecified atom stereocenters. The summed E-state index contributed by atoms with van der Waals surface area (Å²) < 4.78 is 2.03. The number of aromatic nitrogens is 3. The van der Waals surface area contributed by atoms with Gasteiger partial charge >= 0.3 is 5.97 Å². The van der Waals surface area contributed by atoms with Crippen LogP contribution in [0, 0.1) is 0 Å². The van der Waals surface area contributed by atoms with Gasteiger partial charge in [0.15, 0.2) is 5.82 Å². The lowest BCUT2D eigenvalue weighted by molar-refractivity contribution is 0.0697. The maximum Gasteiger partial charge on any atom is 0.336 e. The lowest BCUT2D eigenvalue weighted by atomic mass is 9.99. The van der Waals surface area contributed by atoms with Crippen LogP contribution in [0.3, 0.4) is 0 Å². The number of carboxylic acid groups (broad SMARTS) is 1. The molecule has 0 fully saturated rings. The molecule has 0 atom stereocenters. The summed E-state index contributed by atoms with van der Waals surface area (Å²) in [7, 11) is 0. The van der Waals surface area contributed by atoms with Crippen molar-refractivity contribution in [3.05, 3.63) is 71.3 Å². The summed E-state index contributed by atoms with van der Waals surface area (Å²) in [5.74, 6) is 1.08. The molecule has 3 rings (SSSR count). The molecule has 5 nitrogen and oxygen atoms in total. The van der Waals surface area contributed by atoms with Crippen LogP contribution in [-0.2, 0) is 19.4 Å². The van der Waals surface area contributed by atoms with Gasteiger partial charge in [0.25, 0.3) is 0 Å². The summed E-state index contributed by atoms with van der Waals surface area (Å²) in [6.07, 6.45) is 6.35. The Labute approximate surface area is 172 Å². The zero-order valence-corrected chi connectivity index (χ0v) is 17.3. The van der Waals surface area contributed by atoms with Crippen LogP contribution in [0.1, 0.15) is 67.1 Å². The normalized spacial score (nSPS) is 11.0. The molecule has 0 bridgehead atoms. The van der Waals surface area contributed by atoms with E-state index in [-0.39, 0.29) is 0 Å². The van der Waals surface area contributed by atoms with Crippen molar-refractivity contribution in [2.45, 2.75) is 58.9 Å². The molecule has 0 radical (unpaired) electrons. The molecule has 2 aromatic carbocycles. The predicted molar refractivity (Wildman–Crippen MR) is 115 cm³/mol. The molecule has 1 heterocycles. The fraction of sp³-hybridized carbons (Fsp3) is 0.375. The van der Waals surface area contributed by atoms with Crippen LogP contribution in [0.25, 0.3) is 11.1 Å². The van der Waals surface area contributed by atoms with Gasteiger partial charge in [0, 0.05) is 12.8 Å². The number of hydrogen-bond acceptors (Lipinski definition) is 3. The van der Waals surface area contributed by atoms with E-state index in [1.807, 2.05) is 41.1 Å². The van der Waals surface area contributed by atoms with Gasteiger partial charge in [-0.25, -0.2) is 14.5 Å². The zero-order valence-electron chi connectivity index (χ0n) is 17.3. The first kappa shape index (κ1) is 20.8. The first-order valence-electron chi connectivity index (χ1n) is 10.5. The third-order valence-electron chi connectivity index (χ3n) is 5.05. The molecule has 152 valence electrons. The van der Waals surface area contributed by atoms with E-state index >= 15 is 0 Å². The molecule has 3 aromatic rings. The van der Waals surface area contributed by atoms with E-state index in [0.717, 1.165) is 66.9 Å². The summed E-state index contributed by atoms with van der Waals surface area (Å²) in [6, 6.07) is 15.2. The van der Waals surface area contributed by atoms with E-state index in [9.17, 15) is 9.90 Å². The highest BCUT2D eigenvalue weighted by molar-refractivity contribution is 5.95. The highest BCUT2D eigenvalue weighted by Gasteiger charge is 2.12. The fourth-order valence-corrected chi connectivity index (χ4v) is 3.40. The number of aromatic carboxylic acids is 1. The van der Waals surface area contributed by atoms with Crippen molar-refractivity contribution in [2.75, 3.05) is 0 Å². The molecule has 0 amide bonds. The summed E-state index contributed by atoms with van der Waals surface area (Å²) >= 11 is 0. The van der Waals surface area contributed by atoms with E-state index in [4.69, 9.17) is 10.1 Å². The van der Waals surface area contributed by atoms with Crippen LogP contribution in [-0.4, -0.2) is 25.8 Å². The molecular weight excluding hydrogens is 362 g/mol. The molecule has 1 aromatic heterocycles. The lowest BCUT2D eigenvalue weighted by Crippen LogP contribution is -2.07. The molecule has 0 saturated carbocycles. The number of hydrogen-bond donors (Lipinski definition) is 1. The Morgan fingerprint density at radius 2 is 1.66 bits per heavy atom. The summed E-state index contributed by atoms with van der Waals surface area (Å²) in [5.41, 5.74) is 3.09. The van der Waals surface area contributed by atoms with E-state index in [1.54, 1.807) is 12.1 Å². The van der Waals surface area contributed by atoms with Gasteiger partial charge < -0.3 is 5.11 Å². The van der Waals surface area contributed by atoms with Crippen LogP contribution in [0.4, 0.5) is 0 Å². The largest absolute Gasteiger partial charge is 0.478 e. The van der Waals surface area contributed by atoms with Gasteiger partial charge in [-0.2, -0.15) is 5.10 Å². The van der Waals surface area contributed by atoms with Gasteiger partial charge in [0.05, 0.1) is 12.1 Å². The highest BCUT2D eigenvalue weighted by atomic mass is 16.4. The van der Waals surface area contributed by atoms with Crippen molar-refractivity contribution in [2.24, 2.45) is 0 Å². The van der Waals surface area contributed by atoms with Crippen molar-refractivity contribution in [1.82, 2.24) is 14.8 Å². The molecule has 0 aliphatic heterocycles. The number of unbranched alkanes of at least 4 members (excludes halogenated alkanes) is 2. The Balaban J connectivity index is 1.81. The second-order valence-corrected chi connectivity index (χ2v) is 7.36. The molecule has 0 spiro atoms. The van der Waals surface area contributed by atoms with Crippen molar-refractivity contribution < 1.29 is 9.90 Å².